The van der Waals surface area contributed by atoms with Gasteiger partial charge in [0.1, 0.15) is 0 Å². The highest BCUT2D eigenvalue weighted by atomic mass is 16.5. The van der Waals surface area contributed by atoms with Gasteiger partial charge in [0, 0.05) is 6.04 Å². The van der Waals surface area contributed by atoms with Gasteiger partial charge in [-0.2, -0.15) is 0 Å². The zero-order valence-electron chi connectivity index (χ0n) is 11.4. The highest BCUT2D eigenvalue weighted by Gasteiger charge is 2.22. The Balaban J connectivity index is 1.73. The van der Waals surface area contributed by atoms with E-state index in [0.29, 0.717) is 6.04 Å². The van der Waals surface area contributed by atoms with Crippen LogP contribution in [0.15, 0.2) is 30.3 Å². The van der Waals surface area contributed by atoms with Gasteiger partial charge in [-0.25, -0.2) is 0 Å². The molecule has 0 aromatic heterocycles. The first-order chi connectivity index (χ1) is 8.90. The van der Waals surface area contributed by atoms with E-state index in [1.165, 1.54) is 37.7 Å². The van der Waals surface area contributed by atoms with Crippen molar-refractivity contribution < 1.29 is 4.74 Å². The van der Waals surface area contributed by atoms with Gasteiger partial charge in [0.2, 0.25) is 0 Å². The van der Waals surface area contributed by atoms with Crippen molar-refractivity contribution in [3.05, 3.63) is 35.9 Å². The minimum Gasteiger partial charge on any atom is -0.375 e. The molecule has 1 aromatic rings. The average molecular weight is 247 g/mol. The van der Waals surface area contributed by atoms with E-state index < -0.39 is 0 Å². The minimum absolute atomic E-state index is 0.522. The number of hydrogen-bond acceptors (Lipinski definition) is 2. The first-order valence-electron chi connectivity index (χ1n) is 7.19. The van der Waals surface area contributed by atoms with Crippen LogP contribution in [0.3, 0.4) is 0 Å². The highest BCUT2D eigenvalue weighted by molar-refractivity contribution is 5.13. The van der Waals surface area contributed by atoms with Crippen LogP contribution in [-0.2, 0) is 11.3 Å². The van der Waals surface area contributed by atoms with E-state index in [9.17, 15) is 0 Å². The molecule has 0 amide bonds. The molecule has 0 saturated heterocycles. The molecule has 0 heterocycles. The average Bonchev–Trinajstić information content (AvgIpc) is 2.46. The molecule has 0 bridgehead atoms. The van der Waals surface area contributed by atoms with Crippen molar-refractivity contribution in [1.82, 2.24) is 5.32 Å². The van der Waals surface area contributed by atoms with Crippen LogP contribution in [0.2, 0.25) is 0 Å². The maximum absolute atomic E-state index is 5.86. The van der Waals surface area contributed by atoms with Gasteiger partial charge < -0.3 is 10.1 Å². The van der Waals surface area contributed by atoms with E-state index in [-0.39, 0.29) is 0 Å². The fourth-order valence-corrected chi connectivity index (χ4v) is 2.87. The Morgan fingerprint density at radius 3 is 2.56 bits per heavy atom. The van der Waals surface area contributed by atoms with Crippen molar-refractivity contribution in [3.8, 4) is 0 Å². The Bertz CT molecular complexity index is 319. The molecule has 100 valence electrons. The van der Waals surface area contributed by atoms with Gasteiger partial charge in [0.25, 0.3) is 0 Å². The predicted molar refractivity (Wildman–Crippen MR) is 75.5 cm³/mol. The topological polar surface area (TPSA) is 21.3 Å². The second kappa shape index (κ2) is 7.55. The lowest BCUT2D eigenvalue weighted by Gasteiger charge is -2.29. The van der Waals surface area contributed by atoms with E-state index in [1.807, 2.05) is 6.07 Å². The summed E-state index contributed by atoms with van der Waals surface area (Å²) in [5.41, 5.74) is 1.26. The summed E-state index contributed by atoms with van der Waals surface area (Å²) >= 11 is 0. The zero-order valence-corrected chi connectivity index (χ0v) is 11.4. The van der Waals surface area contributed by atoms with Crippen molar-refractivity contribution >= 4 is 0 Å². The fourth-order valence-electron chi connectivity index (χ4n) is 2.87. The van der Waals surface area contributed by atoms with Gasteiger partial charge in [0.15, 0.2) is 0 Å². The van der Waals surface area contributed by atoms with Crippen LogP contribution in [-0.4, -0.2) is 19.7 Å². The summed E-state index contributed by atoms with van der Waals surface area (Å²) in [5.74, 6) is 0.805. The third-order valence-corrected chi connectivity index (χ3v) is 4.00. The summed E-state index contributed by atoms with van der Waals surface area (Å²) < 4.78 is 5.86. The first-order valence-corrected chi connectivity index (χ1v) is 7.19. The standard InChI is InChI=1S/C16H25NO/c1-17-16(15-10-6-3-7-11-15)13-18-12-14-8-4-2-5-9-14/h2,4-5,8-9,15-17H,3,6-7,10-13H2,1H3. The Hall–Kier alpha value is -0.860. The van der Waals surface area contributed by atoms with Gasteiger partial charge in [0.05, 0.1) is 13.2 Å². The fraction of sp³-hybridized carbons (Fsp3) is 0.625. The monoisotopic (exact) mass is 247 g/mol. The molecule has 1 unspecified atom stereocenters. The van der Waals surface area contributed by atoms with E-state index in [0.717, 1.165) is 19.1 Å². The Labute approximate surface area is 111 Å². The molecule has 1 aliphatic carbocycles. The van der Waals surface area contributed by atoms with Crippen LogP contribution >= 0.6 is 0 Å². The number of ether oxygens (including phenoxy) is 1. The van der Waals surface area contributed by atoms with E-state index >= 15 is 0 Å². The van der Waals surface area contributed by atoms with Gasteiger partial charge >= 0.3 is 0 Å². The molecular weight excluding hydrogens is 222 g/mol. The number of hydrogen-bond donors (Lipinski definition) is 1. The smallest absolute Gasteiger partial charge is 0.0717 e. The second-order valence-electron chi connectivity index (χ2n) is 5.29. The molecule has 0 spiro atoms. The molecule has 2 rings (SSSR count). The molecule has 2 nitrogen and oxygen atoms in total. The van der Waals surface area contributed by atoms with Gasteiger partial charge in [-0.05, 0) is 31.4 Å². The van der Waals surface area contributed by atoms with Crippen LogP contribution in [0.4, 0.5) is 0 Å². The summed E-state index contributed by atoms with van der Waals surface area (Å²) in [4.78, 5) is 0. The van der Waals surface area contributed by atoms with E-state index in [1.54, 1.807) is 0 Å². The molecule has 1 saturated carbocycles. The maximum Gasteiger partial charge on any atom is 0.0717 e. The van der Waals surface area contributed by atoms with E-state index in [2.05, 4.69) is 36.6 Å². The molecule has 1 fully saturated rings. The van der Waals surface area contributed by atoms with Crippen molar-refractivity contribution in [2.45, 2.75) is 44.8 Å². The van der Waals surface area contributed by atoms with Crippen LogP contribution in [0.5, 0.6) is 0 Å². The van der Waals surface area contributed by atoms with Gasteiger partial charge in [-0.3, -0.25) is 0 Å². The number of rotatable bonds is 6. The largest absolute Gasteiger partial charge is 0.375 e. The van der Waals surface area contributed by atoms with Crippen molar-refractivity contribution in [2.24, 2.45) is 5.92 Å². The van der Waals surface area contributed by atoms with Crippen LogP contribution < -0.4 is 5.32 Å². The van der Waals surface area contributed by atoms with Crippen LogP contribution in [0.25, 0.3) is 0 Å². The maximum atomic E-state index is 5.86. The van der Waals surface area contributed by atoms with E-state index in [4.69, 9.17) is 4.74 Å². The summed E-state index contributed by atoms with van der Waals surface area (Å²) in [7, 11) is 2.06. The Morgan fingerprint density at radius 1 is 1.17 bits per heavy atom. The number of benzene rings is 1. The quantitative estimate of drug-likeness (QED) is 0.832. The Kier molecular flexibility index (Phi) is 5.69. The van der Waals surface area contributed by atoms with Gasteiger partial charge in [-0.15, -0.1) is 0 Å². The van der Waals surface area contributed by atoms with Crippen LogP contribution in [0, 0.1) is 5.92 Å². The highest BCUT2D eigenvalue weighted by Crippen LogP contribution is 2.26. The van der Waals surface area contributed by atoms with Gasteiger partial charge in [-0.1, -0.05) is 49.6 Å². The molecular formula is C16H25NO. The third kappa shape index (κ3) is 4.11. The lowest BCUT2D eigenvalue weighted by atomic mass is 9.84. The zero-order chi connectivity index (χ0) is 12.6. The van der Waals surface area contributed by atoms with Crippen molar-refractivity contribution in [1.29, 1.82) is 0 Å². The SMILES string of the molecule is CNC(COCc1ccccc1)C1CCCCC1. The summed E-state index contributed by atoms with van der Waals surface area (Å²) in [6.45, 7) is 1.56. The predicted octanol–water partition coefficient (Wildman–Crippen LogP) is 3.37. The summed E-state index contributed by atoms with van der Waals surface area (Å²) in [5, 5.41) is 3.43. The second-order valence-corrected chi connectivity index (χ2v) is 5.29. The number of likely N-dealkylation sites (N-methyl/N-ethyl adjacent to an activating group) is 1. The molecule has 18 heavy (non-hydrogen) atoms. The minimum atomic E-state index is 0.522. The van der Waals surface area contributed by atoms with Crippen molar-refractivity contribution in [3.63, 3.8) is 0 Å². The summed E-state index contributed by atoms with van der Waals surface area (Å²) in [6, 6.07) is 10.9. The molecule has 0 aliphatic heterocycles. The number of nitrogens with one attached hydrogen (secondary N) is 1. The lowest BCUT2D eigenvalue weighted by molar-refractivity contribution is 0.0764. The Morgan fingerprint density at radius 2 is 1.89 bits per heavy atom. The van der Waals surface area contributed by atoms with Crippen molar-refractivity contribution in [2.75, 3.05) is 13.7 Å². The molecule has 1 atom stereocenters. The third-order valence-electron chi connectivity index (χ3n) is 4.00. The normalized spacial score (nSPS) is 18.7. The first kappa shape index (κ1) is 13.6. The molecule has 1 aliphatic rings. The molecule has 1 N–H and O–H groups in total. The van der Waals surface area contributed by atoms with Crippen LogP contribution in [0.1, 0.15) is 37.7 Å². The molecule has 0 radical (unpaired) electrons. The summed E-state index contributed by atoms with van der Waals surface area (Å²) in [6.07, 6.45) is 6.92. The molecule has 2 heteroatoms. The molecule has 1 aromatic carbocycles. The lowest BCUT2D eigenvalue weighted by Crippen LogP contribution is -2.38.